The van der Waals surface area contributed by atoms with E-state index in [2.05, 4.69) is 5.32 Å². The van der Waals surface area contributed by atoms with Crippen LogP contribution in [0, 0.1) is 12.3 Å². The van der Waals surface area contributed by atoms with Crippen LogP contribution in [0.3, 0.4) is 0 Å². The van der Waals surface area contributed by atoms with Gasteiger partial charge in [0.25, 0.3) is 29.4 Å². The van der Waals surface area contributed by atoms with E-state index in [1.54, 1.807) is 12.1 Å². The van der Waals surface area contributed by atoms with Gasteiger partial charge in [-0.2, -0.15) is 0 Å². The maximum Gasteiger partial charge on any atom is 0.300 e. The zero-order chi connectivity index (χ0) is 26.3. The SMILES string of the molecule is Cc1ccc(-c2cc3c(s2)C(=N)C(=O)NC3=O)cc1.O=C1NC(=O)c2cc(-c3ccccc3)sc2C1=O. The molecule has 2 aromatic carbocycles. The van der Waals surface area contributed by atoms with Crippen LogP contribution in [0.5, 0.6) is 0 Å². The van der Waals surface area contributed by atoms with Crippen LogP contribution in [-0.2, 0) is 9.59 Å². The van der Waals surface area contributed by atoms with E-state index in [4.69, 9.17) is 5.41 Å². The van der Waals surface area contributed by atoms with Gasteiger partial charge in [-0.1, -0.05) is 60.2 Å². The summed E-state index contributed by atoms with van der Waals surface area (Å²) in [5, 5.41) is 11.9. The zero-order valence-electron chi connectivity index (χ0n) is 19.2. The number of amides is 4. The van der Waals surface area contributed by atoms with Gasteiger partial charge in [-0.3, -0.25) is 40.0 Å². The Bertz CT molecular complexity index is 1630. The second-order valence-corrected chi connectivity index (χ2v) is 10.3. The Morgan fingerprint density at radius 2 is 1.14 bits per heavy atom. The van der Waals surface area contributed by atoms with Crippen molar-refractivity contribution in [1.82, 2.24) is 10.6 Å². The highest BCUT2D eigenvalue weighted by Crippen LogP contribution is 2.34. The molecule has 8 nitrogen and oxygen atoms in total. The summed E-state index contributed by atoms with van der Waals surface area (Å²) >= 11 is 2.48. The summed E-state index contributed by atoms with van der Waals surface area (Å²) in [6.45, 7) is 2.00. The lowest BCUT2D eigenvalue weighted by Crippen LogP contribution is -2.41. The summed E-state index contributed by atoms with van der Waals surface area (Å²) in [7, 11) is 0. The third-order valence-corrected chi connectivity index (χ3v) is 8.05. The summed E-state index contributed by atoms with van der Waals surface area (Å²) in [5.41, 5.74) is 3.61. The molecule has 37 heavy (non-hydrogen) atoms. The minimum Gasteiger partial charge on any atom is -0.294 e. The van der Waals surface area contributed by atoms with Crippen LogP contribution in [0.2, 0.25) is 0 Å². The molecule has 0 unspecified atom stereocenters. The number of carbonyl (C=O) groups is 5. The fourth-order valence-electron chi connectivity index (χ4n) is 3.74. The fourth-order valence-corrected chi connectivity index (χ4v) is 5.95. The molecule has 182 valence electrons. The van der Waals surface area contributed by atoms with E-state index in [0.29, 0.717) is 10.4 Å². The van der Waals surface area contributed by atoms with Crippen LogP contribution in [-0.4, -0.2) is 35.1 Å². The number of benzene rings is 2. The molecule has 2 aromatic heterocycles. The Labute approximate surface area is 218 Å². The molecule has 0 fully saturated rings. The second-order valence-electron chi connectivity index (χ2n) is 8.21. The molecule has 3 N–H and O–H groups in total. The topological polar surface area (TPSA) is 133 Å². The Balaban J connectivity index is 0.000000152. The van der Waals surface area contributed by atoms with E-state index in [0.717, 1.165) is 26.4 Å². The lowest BCUT2D eigenvalue weighted by atomic mass is 10.1. The van der Waals surface area contributed by atoms with E-state index in [1.807, 2.05) is 66.8 Å². The standard InChI is InChI=1S/C14H10N2O2S.C13H7NO3S/c1-7-2-4-8(5-3-7)10-6-9-12(19-10)11(15)14(18)16-13(9)17;15-10-11-8(12(16)14-13(10)17)6-9(18-11)7-4-2-1-3-5-7/h2-6,15H,1H3,(H,16,17,18);1-6H,(H,14,16,17). The molecule has 0 saturated heterocycles. The number of rotatable bonds is 2. The summed E-state index contributed by atoms with van der Waals surface area (Å²) in [4.78, 5) is 60.0. The Morgan fingerprint density at radius 3 is 1.76 bits per heavy atom. The molecule has 0 radical (unpaired) electrons. The highest BCUT2D eigenvalue weighted by atomic mass is 32.1. The number of carbonyl (C=O) groups excluding carboxylic acids is 5. The Hall–Kier alpha value is -4.54. The van der Waals surface area contributed by atoms with Crippen molar-refractivity contribution >= 4 is 57.8 Å². The molecule has 4 aromatic rings. The van der Waals surface area contributed by atoms with Gasteiger partial charge in [0.1, 0.15) is 5.71 Å². The third-order valence-electron chi connectivity index (χ3n) is 5.67. The molecule has 0 atom stereocenters. The predicted octanol–water partition coefficient (Wildman–Crippen LogP) is 4.23. The van der Waals surface area contributed by atoms with E-state index in [1.165, 1.54) is 22.7 Å². The molecular formula is C27H17N3O5S2. The molecule has 10 heteroatoms. The van der Waals surface area contributed by atoms with Gasteiger partial charge in [0, 0.05) is 9.75 Å². The maximum absolute atomic E-state index is 11.7. The highest BCUT2D eigenvalue weighted by molar-refractivity contribution is 7.19. The monoisotopic (exact) mass is 527 g/mol. The smallest absolute Gasteiger partial charge is 0.294 e. The van der Waals surface area contributed by atoms with E-state index < -0.39 is 29.4 Å². The lowest BCUT2D eigenvalue weighted by Gasteiger charge is -2.10. The van der Waals surface area contributed by atoms with Gasteiger partial charge in [0.2, 0.25) is 0 Å². The van der Waals surface area contributed by atoms with Gasteiger partial charge in [-0.05, 0) is 30.2 Å². The minimum atomic E-state index is -0.853. The van der Waals surface area contributed by atoms with Crippen molar-refractivity contribution in [3.05, 3.63) is 93.2 Å². The van der Waals surface area contributed by atoms with E-state index in [-0.39, 0.29) is 16.2 Å². The quantitative estimate of drug-likeness (QED) is 0.265. The average Bonchev–Trinajstić information content (AvgIpc) is 3.54. The second kappa shape index (κ2) is 9.49. The van der Waals surface area contributed by atoms with Gasteiger partial charge in [0.15, 0.2) is 0 Å². The molecule has 0 spiro atoms. The highest BCUT2D eigenvalue weighted by Gasteiger charge is 2.33. The number of nitrogens with one attached hydrogen (secondary N) is 3. The van der Waals surface area contributed by atoms with Crippen molar-refractivity contribution < 1.29 is 24.0 Å². The van der Waals surface area contributed by atoms with E-state index >= 15 is 0 Å². The molecule has 6 rings (SSSR count). The number of thiophene rings is 2. The first-order chi connectivity index (χ1) is 17.7. The lowest BCUT2D eigenvalue weighted by molar-refractivity contribution is -0.116. The molecule has 4 amide bonds. The van der Waals surface area contributed by atoms with Crippen LogP contribution in [0.1, 0.15) is 40.8 Å². The van der Waals surface area contributed by atoms with Gasteiger partial charge >= 0.3 is 0 Å². The van der Waals surface area contributed by atoms with Crippen molar-refractivity contribution in [3.63, 3.8) is 0 Å². The predicted molar refractivity (Wildman–Crippen MR) is 140 cm³/mol. The number of hydrogen-bond acceptors (Lipinski definition) is 8. The first-order valence-corrected chi connectivity index (χ1v) is 12.6. The van der Waals surface area contributed by atoms with Crippen LogP contribution in [0.4, 0.5) is 0 Å². The van der Waals surface area contributed by atoms with E-state index in [9.17, 15) is 24.0 Å². The van der Waals surface area contributed by atoms with Crippen molar-refractivity contribution in [3.8, 4) is 20.9 Å². The summed E-state index contributed by atoms with van der Waals surface area (Å²) in [6.07, 6.45) is 0. The number of aryl methyl sites for hydroxylation is 1. The van der Waals surface area contributed by atoms with Crippen molar-refractivity contribution in [2.24, 2.45) is 0 Å². The molecule has 0 saturated carbocycles. The average molecular weight is 528 g/mol. The third kappa shape index (κ3) is 4.55. The fraction of sp³-hybridized carbons (Fsp3) is 0.0370. The van der Waals surface area contributed by atoms with Crippen molar-refractivity contribution in [2.75, 3.05) is 0 Å². The number of fused-ring (bicyclic) bond motifs is 2. The largest absolute Gasteiger partial charge is 0.300 e. The van der Waals surface area contributed by atoms with Crippen LogP contribution in [0.25, 0.3) is 20.9 Å². The summed E-state index contributed by atoms with van der Waals surface area (Å²) in [5.74, 6) is -3.06. The Morgan fingerprint density at radius 1 is 0.622 bits per heavy atom. The van der Waals surface area contributed by atoms with Crippen LogP contribution < -0.4 is 10.6 Å². The number of imide groups is 2. The molecule has 2 aliphatic heterocycles. The molecular weight excluding hydrogens is 510 g/mol. The molecule has 0 bridgehead atoms. The molecule has 4 heterocycles. The first kappa shape index (κ1) is 24.2. The minimum absolute atomic E-state index is 0.141. The van der Waals surface area contributed by atoms with Crippen LogP contribution in [0.15, 0.2) is 66.7 Å². The van der Waals surface area contributed by atoms with Gasteiger partial charge in [-0.25, -0.2) is 0 Å². The maximum atomic E-state index is 11.7. The zero-order valence-corrected chi connectivity index (χ0v) is 20.8. The summed E-state index contributed by atoms with van der Waals surface area (Å²) < 4.78 is 0. The van der Waals surface area contributed by atoms with Crippen molar-refractivity contribution in [2.45, 2.75) is 6.92 Å². The molecule has 2 aliphatic rings. The molecule has 0 aliphatic carbocycles. The number of ketones is 1. The van der Waals surface area contributed by atoms with Crippen molar-refractivity contribution in [1.29, 1.82) is 5.41 Å². The number of hydrogen-bond donors (Lipinski definition) is 3. The first-order valence-electron chi connectivity index (χ1n) is 11.0. The Kier molecular flexibility index (Phi) is 6.20. The number of Topliss-reactive ketones (excluding diaryl/α,β-unsaturated/α-hetero) is 1. The normalized spacial score (nSPS) is 14.3. The van der Waals surface area contributed by atoms with Gasteiger partial charge in [-0.15, -0.1) is 22.7 Å². The van der Waals surface area contributed by atoms with Gasteiger partial charge < -0.3 is 0 Å². The van der Waals surface area contributed by atoms with Crippen LogP contribution >= 0.6 is 22.7 Å². The summed E-state index contributed by atoms with van der Waals surface area (Å²) in [6, 6.07) is 20.7. The van der Waals surface area contributed by atoms with Gasteiger partial charge in [0.05, 0.1) is 20.9 Å².